The topological polar surface area (TPSA) is 81.2 Å². The molecule has 0 aromatic heterocycles. The average molecular weight is 337 g/mol. The second-order valence-electron chi connectivity index (χ2n) is 7.71. The quantitative estimate of drug-likeness (QED) is 0.818. The third kappa shape index (κ3) is 2.74. The van der Waals surface area contributed by atoms with Gasteiger partial charge in [-0.2, -0.15) is 0 Å². The number of hydrogen-bond acceptors (Lipinski definition) is 3. The number of carboxylic acid groups (broad SMARTS) is 1. The van der Waals surface area contributed by atoms with Gasteiger partial charge in [0.05, 0.1) is 5.41 Å². The zero-order valence-electron chi connectivity index (χ0n) is 14.5. The largest absolute Gasteiger partial charge is 0.481 e. The Morgan fingerprint density at radius 3 is 2.29 bits per heavy atom. The number of hydrogen-bond donors (Lipinski definition) is 1. The second-order valence-corrected chi connectivity index (χ2v) is 7.71. The minimum absolute atomic E-state index is 0.0126. The van der Waals surface area contributed by atoms with Gasteiger partial charge in [-0.3, -0.25) is 9.59 Å². The summed E-state index contributed by atoms with van der Waals surface area (Å²) in [4.78, 5) is 41.7. The van der Waals surface area contributed by atoms with Crippen LogP contribution in [0.25, 0.3) is 0 Å². The minimum atomic E-state index is -0.744. The van der Waals surface area contributed by atoms with Crippen LogP contribution < -0.4 is 0 Å². The Labute approximate surface area is 142 Å². The van der Waals surface area contributed by atoms with Crippen molar-refractivity contribution >= 4 is 17.9 Å². The predicted molar refractivity (Wildman–Crippen MR) is 87.4 cm³/mol. The normalized spacial score (nSPS) is 30.3. The molecule has 3 rings (SSSR count). The molecule has 2 atom stereocenters. The van der Waals surface area contributed by atoms with E-state index in [4.69, 9.17) is 0 Å². The third-order valence-corrected chi connectivity index (χ3v) is 6.11. The number of amides is 3. The fraction of sp³-hybridized carbons (Fsp3) is 0.824. The molecule has 0 spiro atoms. The molecule has 3 aliphatic rings. The first kappa shape index (κ1) is 17.0. The average Bonchev–Trinajstić information content (AvgIpc) is 3.11. The Bertz CT molecular complexity index is 542. The molecule has 0 radical (unpaired) electrons. The molecule has 2 heterocycles. The number of carbonyl (C=O) groups is 3. The molecule has 24 heavy (non-hydrogen) atoms. The molecule has 0 unspecified atom stereocenters. The van der Waals surface area contributed by atoms with E-state index >= 15 is 0 Å². The first-order valence-electron chi connectivity index (χ1n) is 8.83. The number of carbonyl (C=O) groups excluding carboxylic acids is 2. The number of rotatable bonds is 2. The molecule has 7 nitrogen and oxygen atoms in total. The van der Waals surface area contributed by atoms with Gasteiger partial charge in [-0.05, 0) is 31.6 Å². The van der Waals surface area contributed by atoms with E-state index in [1.807, 2.05) is 0 Å². The van der Waals surface area contributed by atoms with E-state index in [0.717, 1.165) is 12.8 Å². The van der Waals surface area contributed by atoms with Crippen molar-refractivity contribution in [1.82, 2.24) is 14.7 Å². The highest BCUT2D eigenvalue weighted by Crippen LogP contribution is 2.49. The maximum atomic E-state index is 12.8. The maximum absolute atomic E-state index is 12.8. The van der Waals surface area contributed by atoms with Gasteiger partial charge in [0.2, 0.25) is 5.91 Å². The van der Waals surface area contributed by atoms with Crippen LogP contribution in [0.4, 0.5) is 4.79 Å². The summed E-state index contributed by atoms with van der Waals surface area (Å²) >= 11 is 0. The zero-order chi connectivity index (χ0) is 17.5. The summed E-state index contributed by atoms with van der Waals surface area (Å²) in [5.41, 5.74) is -0.711. The van der Waals surface area contributed by atoms with Crippen molar-refractivity contribution < 1.29 is 19.5 Å². The number of fused-ring (bicyclic) bond motifs is 1. The molecule has 3 amide bonds. The molecule has 1 saturated carbocycles. The van der Waals surface area contributed by atoms with E-state index in [9.17, 15) is 19.5 Å². The zero-order valence-corrected chi connectivity index (χ0v) is 14.5. The standard InChI is InChI=1S/C17H27N3O4/c1-18(2)16(24)19-8-5-12(6-9-19)14(21)20-10-13-4-3-7-17(13,11-20)15(22)23/h12-13H,3-11H2,1-2H3,(H,22,23)/t13-,17+/m0/s1. The SMILES string of the molecule is CN(C)C(=O)N1CCC(C(=O)N2C[C@@H]3CCC[C@@]3(C(=O)O)C2)CC1. The van der Waals surface area contributed by atoms with Gasteiger partial charge in [-0.25, -0.2) is 4.79 Å². The van der Waals surface area contributed by atoms with Crippen molar-refractivity contribution in [3.8, 4) is 0 Å². The predicted octanol–water partition coefficient (Wildman–Crippen LogP) is 1.09. The summed E-state index contributed by atoms with van der Waals surface area (Å²) in [6.45, 7) is 2.13. The van der Waals surface area contributed by atoms with Gasteiger partial charge in [0.1, 0.15) is 0 Å². The molecule has 1 aliphatic carbocycles. The highest BCUT2D eigenvalue weighted by molar-refractivity contribution is 5.83. The van der Waals surface area contributed by atoms with E-state index in [2.05, 4.69) is 0 Å². The van der Waals surface area contributed by atoms with E-state index in [-0.39, 0.29) is 23.8 Å². The van der Waals surface area contributed by atoms with Crippen LogP contribution in [-0.4, -0.2) is 78.0 Å². The first-order valence-corrected chi connectivity index (χ1v) is 8.83. The third-order valence-electron chi connectivity index (χ3n) is 6.11. The molecule has 7 heteroatoms. The summed E-state index contributed by atoms with van der Waals surface area (Å²) in [6, 6.07) is -0.0126. The molecule has 0 bridgehead atoms. The second kappa shape index (κ2) is 6.26. The van der Waals surface area contributed by atoms with Gasteiger partial charge < -0.3 is 19.8 Å². The van der Waals surface area contributed by atoms with Crippen LogP contribution in [-0.2, 0) is 9.59 Å². The molecule has 3 fully saturated rings. The lowest BCUT2D eigenvalue weighted by molar-refractivity contribution is -0.149. The number of piperidine rings is 1. The summed E-state index contributed by atoms with van der Waals surface area (Å²) in [6.07, 6.45) is 3.88. The number of carboxylic acids is 1. The Morgan fingerprint density at radius 1 is 1.08 bits per heavy atom. The maximum Gasteiger partial charge on any atom is 0.319 e. The Kier molecular flexibility index (Phi) is 4.44. The molecule has 2 saturated heterocycles. The number of urea groups is 1. The van der Waals surface area contributed by atoms with Crippen molar-refractivity contribution in [2.75, 3.05) is 40.3 Å². The Morgan fingerprint density at radius 2 is 1.75 bits per heavy atom. The van der Waals surface area contributed by atoms with Gasteiger partial charge in [-0.15, -0.1) is 0 Å². The number of aliphatic carboxylic acids is 1. The first-order chi connectivity index (χ1) is 11.3. The molecule has 0 aromatic carbocycles. The van der Waals surface area contributed by atoms with Gasteiger partial charge >= 0.3 is 12.0 Å². The monoisotopic (exact) mass is 337 g/mol. The van der Waals surface area contributed by atoms with Crippen molar-refractivity contribution in [3.05, 3.63) is 0 Å². The van der Waals surface area contributed by atoms with Gasteiger partial charge in [0, 0.05) is 46.2 Å². The van der Waals surface area contributed by atoms with Crippen molar-refractivity contribution in [3.63, 3.8) is 0 Å². The summed E-state index contributed by atoms with van der Waals surface area (Å²) < 4.78 is 0. The number of likely N-dealkylation sites (tertiary alicyclic amines) is 2. The van der Waals surface area contributed by atoms with Crippen LogP contribution in [0, 0.1) is 17.3 Å². The summed E-state index contributed by atoms with van der Waals surface area (Å²) in [5, 5.41) is 9.65. The van der Waals surface area contributed by atoms with Crippen LogP contribution in [0.15, 0.2) is 0 Å². The fourth-order valence-electron chi connectivity index (χ4n) is 4.67. The van der Waals surface area contributed by atoms with Crippen LogP contribution >= 0.6 is 0 Å². The minimum Gasteiger partial charge on any atom is -0.481 e. The van der Waals surface area contributed by atoms with Gasteiger partial charge in [-0.1, -0.05) is 6.42 Å². The molecule has 2 aliphatic heterocycles. The lowest BCUT2D eigenvalue weighted by atomic mass is 9.81. The van der Waals surface area contributed by atoms with Crippen LogP contribution in [0.5, 0.6) is 0 Å². The summed E-state index contributed by atoms with van der Waals surface area (Å²) in [5.74, 6) is -0.635. The fourth-order valence-corrected chi connectivity index (χ4v) is 4.67. The van der Waals surface area contributed by atoms with Crippen molar-refractivity contribution in [2.24, 2.45) is 17.3 Å². The van der Waals surface area contributed by atoms with Crippen molar-refractivity contribution in [1.29, 1.82) is 0 Å². The number of nitrogens with zero attached hydrogens (tertiary/aromatic N) is 3. The highest BCUT2D eigenvalue weighted by Gasteiger charge is 2.56. The highest BCUT2D eigenvalue weighted by atomic mass is 16.4. The molecule has 134 valence electrons. The lowest BCUT2D eigenvalue weighted by Gasteiger charge is -2.34. The molecule has 0 aromatic rings. The van der Waals surface area contributed by atoms with Crippen LogP contribution in [0.2, 0.25) is 0 Å². The Balaban J connectivity index is 1.59. The van der Waals surface area contributed by atoms with E-state index in [1.165, 1.54) is 0 Å². The van der Waals surface area contributed by atoms with Gasteiger partial charge in [0.15, 0.2) is 0 Å². The van der Waals surface area contributed by atoms with E-state index in [0.29, 0.717) is 45.4 Å². The molecular weight excluding hydrogens is 310 g/mol. The lowest BCUT2D eigenvalue weighted by Crippen LogP contribution is -2.47. The smallest absolute Gasteiger partial charge is 0.319 e. The summed E-state index contributed by atoms with van der Waals surface area (Å²) in [7, 11) is 3.46. The van der Waals surface area contributed by atoms with Crippen molar-refractivity contribution in [2.45, 2.75) is 32.1 Å². The van der Waals surface area contributed by atoms with Crippen LogP contribution in [0.3, 0.4) is 0 Å². The van der Waals surface area contributed by atoms with E-state index in [1.54, 1.807) is 28.8 Å². The molecule has 1 N–H and O–H groups in total. The van der Waals surface area contributed by atoms with Crippen LogP contribution in [0.1, 0.15) is 32.1 Å². The van der Waals surface area contributed by atoms with Gasteiger partial charge in [0.25, 0.3) is 0 Å². The Hall–Kier alpha value is -1.79. The molecular formula is C17H27N3O4. The van der Waals surface area contributed by atoms with E-state index < -0.39 is 11.4 Å².